The van der Waals surface area contributed by atoms with Gasteiger partial charge in [0.1, 0.15) is 11.5 Å². The van der Waals surface area contributed by atoms with E-state index < -0.39 is 0 Å². The summed E-state index contributed by atoms with van der Waals surface area (Å²) in [5.41, 5.74) is 2.44. The maximum absolute atomic E-state index is 5.57. The third-order valence-electron chi connectivity index (χ3n) is 7.47. The molecule has 2 aromatic carbocycles. The van der Waals surface area contributed by atoms with Crippen LogP contribution in [0.2, 0.25) is 0 Å². The highest BCUT2D eigenvalue weighted by Crippen LogP contribution is 2.34. The van der Waals surface area contributed by atoms with Gasteiger partial charge in [0, 0.05) is 38.3 Å². The van der Waals surface area contributed by atoms with Crippen LogP contribution in [0.15, 0.2) is 48.5 Å². The Hall–Kier alpha value is -2.97. The lowest BCUT2D eigenvalue weighted by atomic mass is 9.95. The Morgan fingerprint density at radius 3 is 2.34 bits per heavy atom. The largest absolute Gasteiger partial charge is 0.497 e. The second-order valence-corrected chi connectivity index (χ2v) is 9.57. The highest BCUT2D eigenvalue weighted by atomic mass is 16.5. The molecule has 2 heterocycles. The lowest BCUT2D eigenvalue weighted by molar-refractivity contribution is 0.0981. The number of piperazine rings is 1. The van der Waals surface area contributed by atoms with Crippen LogP contribution in [-0.2, 0) is 6.54 Å². The van der Waals surface area contributed by atoms with Crippen LogP contribution in [0.3, 0.4) is 0 Å². The van der Waals surface area contributed by atoms with Crippen LogP contribution in [0, 0.1) is 0 Å². The molecule has 0 spiro atoms. The van der Waals surface area contributed by atoms with Crippen molar-refractivity contribution >= 4 is 0 Å². The molecule has 0 radical (unpaired) electrons. The molecule has 35 heavy (non-hydrogen) atoms. The molecule has 0 amide bonds. The van der Waals surface area contributed by atoms with Gasteiger partial charge in [-0.3, -0.25) is 9.80 Å². The fraction of sp³-hybridized carbons (Fsp3) is 0.519. The first-order chi connectivity index (χ1) is 17.3. The molecule has 8 nitrogen and oxygen atoms in total. The highest BCUT2D eigenvalue weighted by molar-refractivity contribution is 5.34. The molecule has 1 saturated heterocycles. The zero-order valence-electron chi connectivity index (χ0n) is 20.8. The molecule has 1 saturated carbocycles. The SMILES string of the molecule is COc1ccc([C@@H](c2nnnn2C2CCCCC2)N2CCN(Cc3ccccc3OC)CC2)cc1. The molecule has 2 fully saturated rings. The van der Waals surface area contributed by atoms with Crippen molar-refractivity contribution in [1.29, 1.82) is 0 Å². The van der Waals surface area contributed by atoms with E-state index >= 15 is 0 Å². The molecule has 0 N–H and O–H groups in total. The first-order valence-electron chi connectivity index (χ1n) is 12.8. The number of tetrazole rings is 1. The summed E-state index contributed by atoms with van der Waals surface area (Å²) in [4.78, 5) is 5.04. The average Bonchev–Trinajstić information content (AvgIpc) is 3.40. The molecule has 1 aliphatic carbocycles. The van der Waals surface area contributed by atoms with Gasteiger partial charge in [0.15, 0.2) is 5.82 Å². The molecule has 0 unspecified atom stereocenters. The van der Waals surface area contributed by atoms with Gasteiger partial charge in [-0.15, -0.1) is 5.10 Å². The Kier molecular flexibility index (Phi) is 7.59. The maximum Gasteiger partial charge on any atom is 0.173 e. The van der Waals surface area contributed by atoms with Crippen molar-refractivity contribution in [3.8, 4) is 11.5 Å². The molecule has 186 valence electrons. The van der Waals surface area contributed by atoms with E-state index in [1.807, 2.05) is 24.3 Å². The van der Waals surface area contributed by atoms with E-state index in [9.17, 15) is 0 Å². The van der Waals surface area contributed by atoms with Crippen molar-refractivity contribution in [3.63, 3.8) is 0 Å². The van der Waals surface area contributed by atoms with Crippen molar-refractivity contribution in [2.45, 2.75) is 50.7 Å². The second kappa shape index (κ2) is 11.2. The fourth-order valence-corrected chi connectivity index (χ4v) is 5.53. The molecule has 8 heteroatoms. The van der Waals surface area contributed by atoms with Crippen LogP contribution in [0.5, 0.6) is 11.5 Å². The van der Waals surface area contributed by atoms with E-state index in [0.717, 1.165) is 62.9 Å². The predicted octanol–water partition coefficient (Wildman–Crippen LogP) is 4.10. The van der Waals surface area contributed by atoms with E-state index in [2.05, 4.69) is 54.3 Å². The number of hydrogen-bond donors (Lipinski definition) is 0. The Morgan fingerprint density at radius 1 is 0.886 bits per heavy atom. The minimum Gasteiger partial charge on any atom is -0.497 e. The summed E-state index contributed by atoms with van der Waals surface area (Å²) in [6, 6.07) is 17.1. The number of aromatic nitrogens is 4. The van der Waals surface area contributed by atoms with E-state index in [4.69, 9.17) is 9.47 Å². The van der Waals surface area contributed by atoms with Crippen LogP contribution in [0.4, 0.5) is 0 Å². The van der Waals surface area contributed by atoms with Crippen LogP contribution in [0.1, 0.15) is 61.1 Å². The minimum absolute atomic E-state index is 0.0197. The summed E-state index contributed by atoms with van der Waals surface area (Å²) in [6.07, 6.45) is 6.11. The van der Waals surface area contributed by atoms with Gasteiger partial charge in [0.05, 0.1) is 26.3 Å². The quantitative estimate of drug-likeness (QED) is 0.485. The van der Waals surface area contributed by atoms with Crippen LogP contribution in [0.25, 0.3) is 0 Å². The van der Waals surface area contributed by atoms with Gasteiger partial charge in [-0.25, -0.2) is 4.68 Å². The van der Waals surface area contributed by atoms with Gasteiger partial charge in [-0.2, -0.15) is 0 Å². The van der Waals surface area contributed by atoms with E-state index in [0.29, 0.717) is 6.04 Å². The van der Waals surface area contributed by atoms with Crippen molar-refractivity contribution in [2.75, 3.05) is 40.4 Å². The fourth-order valence-electron chi connectivity index (χ4n) is 5.53. The number of nitrogens with zero attached hydrogens (tertiary/aromatic N) is 6. The van der Waals surface area contributed by atoms with Crippen LogP contribution >= 0.6 is 0 Å². The lowest BCUT2D eigenvalue weighted by Crippen LogP contribution is -2.48. The van der Waals surface area contributed by atoms with Crippen molar-refractivity contribution in [3.05, 3.63) is 65.5 Å². The van der Waals surface area contributed by atoms with Crippen molar-refractivity contribution in [2.24, 2.45) is 0 Å². The molecule has 1 atom stereocenters. The highest BCUT2D eigenvalue weighted by Gasteiger charge is 2.32. The van der Waals surface area contributed by atoms with Crippen molar-refractivity contribution in [1.82, 2.24) is 30.0 Å². The molecular weight excluding hydrogens is 440 g/mol. The molecule has 0 bridgehead atoms. The Labute approximate surface area is 207 Å². The molecule has 3 aromatic rings. The monoisotopic (exact) mass is 476 g/mol. The summed E-state index contributed by atoms with van der Waals surface area (Å²) in [6.45, 7) is 4.75. The normalized spacial score (nSPS) is 18.9. The Balaban J connectivity index is 1.37. The van der Waals surface area contributed by atoms with Crippen LogP contribution < -0.4 is 9.47 Å². The first kappa shape index (κ1) is 23.8. The molecular formula is C27H36N6O2. The average molecular weight is 477 g/mol. The topological polar surface area (TPSA) is 68.5 Å². The van der Waals surface area contributed by atoms with Crippen LogP contribution in [-0.4, -0.2) is 70.4 Å². The van der Waals surface area contributed by atoms with Gasteiger partial charge in [-0.1, -0.05) is 49.6 Å². The lowest BCUT2D eigenvalue weighted by Gasteiger charge is -2.39. The van der Waals surface area contributed by atoms with Gasteiger partial charge < -0.3 is 9.47 Å². The first-order valence-corrected chi connectivity index (χ1v) is 12.8. The van der Waals surface area contributed by atoms with Gasteiger partial charge in [0.2, 0.25) is 0 Å². The number of hydrogen-bond acceptors (Lipinski definition) is 7. The summed E-state index contributed by atoms with van der Waals surface area (Å²) >= 11 is 0. The molecule has 2 aliphatic rings. The molecule has 5 rings (SSSR count). The van der Waals surface area contributed by atoms with E-state index in [1.54, 1.807) is 14.2 Å². The standard InChI is InChI=1S/C27H36N6O2/c1-34-24-14-12-21(13-15-24)26(27-28-29-30-33(27)23-9-4-3-5-10-23)32-18-16-31(17-19-32)20-22-8-6-7-11-25(22)35-2/h6-8,11-15,23,26H,3-5,9-10,16-20H2,1-2H3/t26-/m0/s1. The number of methoxy groups -OCH3 is 2. The Bertz CT molecular complexity index is 1070. The zero-order chi connectivity index (χ0) is 24.0. The van der Waals surface area contributed by atoms with E-state index in [1.165, 1.54) is 30.4 Å². The summed E-state index contributed by atoms with van der Waals surface area (Å²) < 4.78 is 13.1. The molecule has 1 aromatic heterocycles. The molecule has 1 aliphatic heterocycles. The second-order valence-electron chi connectivity index (χ2n) is 9.57. The zero-order valence-corrected chi connectivity index (χ0v) is 20.8. The summed E-state index contributed by atoms with van der Waals surface area (Å²) in [7, 11) is 3.45. The third-order valence-corrected chi connectivity index (χ3v) is 7.47. The van der Waals surface area contributed by atoms with Gasteiger partial charge >= 0.3 is 0 Å². The maximum atomic E-state index is 5.57. The number of para-hydroxylation sites is 1. The Morgan fingerprint density at radius 2 is 1.63 bits per heavy atom. The summed E-state index contributed by atoms with van der Waals surface area (Å²) in [5.74, 6) is 2.78. The van der Waals surface area contributed by atoms with Crippen molar-refractivity contribution < 1.29 is 9.47 Å². The van der Waals surface area contributed by atoms with Gasteiger partial charge in [0.25, 0.3) is 0 Å². The minimum atomic E-state index is 0.0197. The number of rotatable bonds is 8. The smallest absolute Gasteiger partial charge is 0.173 e. The third kappa shape index (κ3) is 5.33. The summed E-state index contributed by atoms with van der Waals surface area (Å²) in [5, 5.41) is 13.2. The number of ether oxygens (including phenoxy) is 2. The predicted molar refractivity (Wildman–Crippen MR) is 135 cm³/mol. The van der Waals surface area contributed by atoms with Gasteiger partial charge in [-0.05, 0) is 47.0 Å². The number of benzene rings is 2. The van der Waals surface area contributed by atoms with E-state index in [-0.39, 0.29) is 6.04 Å².